The summed E-state index contributed by atoms with van der Waals surface area (Å²) in [6, 6.07) is 3.74. The van der Waals surface area contributed by atoms with Gasteiger partial charge in [-0.05, 0) is 34.0 Å². The topological polar surface area (TPSA) is 50.5 Å². The maximum atomic E-state index is 11.9. The molecule has 1 unspecified atom stereocenters. The quantitative estimate of drug-likeness (QED) is 0.793. The zero-order chi connectivity index (χ0) is 12.7. The summed E-state index contributed by atoms with van der Waals surface area (Å²) in [5.74, 6) is 1.17. The first kappa shape index (κ1) is 11.9. The van der Waals surface area contributed by atoms with Crippen LogP contribution in [0.1, 0.15) is 6.42 Å². The van der Waals surface area contributed by atoms with E-state index in [1.54, 1.807) is 9.42 Å². The zero-order valence-corrected chi connectivity index (χ0v) is 11.7. The van der Waals surface area contributed by atoms with Gasteiger partial charge in [0.2, 0.25) is 5.91 Å². The summed E-state index contributed by atoms with van der Waals surface area (Å²) in [5.41, 5.74) is 0.718. The lowest BCUT2D eigenvalue weighted by atomic mass is 10.2. The van der Waals surface area contributed by atoms with Crippen molar-refractivity contribution in [3.05, 3.63) is 22.8 Å². The standard InChI is InChI=1S/C11H10BrClN4O/c12-8-1-2-9-14-11(15-17(9)6-8)16-5-7(4-13)3-10(16)18/h1-2,6-7H,3-5H2. The van der Waals surface area contributed by atoms with Crippen LogP contribution in [0.15, 0.2) is 22.8 Å². The Kier molecular flexibility index (Phi) is 2.99. The normalized spacial score (nSPS) is 20.0. The van der Waals surface area contributed by atoms with Crippen LogP contribution in [-0.2, 0) is 4.79 Å². The molecule has 18 heavy (non-hydrogen) atoms. The molecule has 5 nitrogen and oxygen atoms in total. The summed E-state index contributed by atoms with van der Waals surface area (Å²) in [6.07, 6.45) is 2.29. The number of hydrogen-bond acceptors (Lipinski definition) is 3. The number of anilines is 1. The van der Waals surface area contributed by atoms with Crippen molar-refractivity contribution in [2.24, 2.45) is 5.92 Å². The summed E-state index contributed by atoms with van der Waals surface area (Å²) in [6.45, 7) is 0.598. The van der Waals surface area contributed by atoms with E-state index in [9.17, 15) is 4.79 Å². The van der Waals surface area contributed by atoms with Gasteiger partial charge in [-0.2, -0.15) is 4.98 Å². The van der Waals surface area contributed by atoms with Crippen LogP contribution in [0.5, 0.6) is 0 Å². The predicted molar refractivity (Wildman–Crippen MR) is 71.9 cm³/mol. The molecule has 3 heterocycles. The molecule has 1 amide bonds. The summed E-state index contributed by atoms with van der Waals surface area (Å²) in [5, 5.41) is 4.31. The van der Waals surface area contributed by atoms with Crippen molar-refractivity contribution in [2.75, 3.05) is 17.3 Å². The van der Waals surface area contributed by atoms with Crippen molar-refractivity contribution in [1.29, 1.82) is 0 Å². The molecule has 0 saturated carbocycles. The smallest absolute Gasteiger partial charge is 0.252 e. The van der Waals surface area contributed by atoms with Crippen molar-refractivity contribution in [3.8, 4) is 0 Å². The minimum absolute atomic E-state index is 0.0376. The molecule has 1 fully saturated rings. The first-order chi connectivity index (χ1) is 8.67. The van der Waals surface area contributed by atoms with E-state index in [-0.39, 0.29) is 11.8 Å². The van der Waals surface area contributed by atoms with Crippen LogP contribution >= 0.6 is 27.5 Å². The van der Waals surface area contributed by atoms with E-state index in [1.165, 1.54) is 0 Å². The molecule has 0 bridgehead atoms. The van der Waals surface area contributed by atoms with E-state index in [0.29, 0.717) is 24.8 Å². The highest BCUT2D eigenvalue weighted by Gasteiger charge is 2.32. The molecule has 2 aromatic rings. The molecule has 0 radical (unpaired) electrons. The van der Waals surface area contributed by atoms with Crippen LogP contribution in [0.3, 0.4) is 0 Å². The van der Waals surface area contributed by atoms with Crippen molar-refractivity contribution in [3.63, 3.8) is 0 Å². The lowest BCUT2D eigenvalue weighted by Crippen LogP contribution is -2.25. The Morgan fingerprint density at radius 2 is 2.33 bits per heavy atom. The van der Waals surface area contributed by atoms with Crippen LogP contribution < -0.4 is 4.90 Å². The highest BCUT2D eigenvalue weighted by molar-refractivity contribution is 9.10. The van der Waals surface area contributed by atoms with Crippen molar-refractivity contribution >= 4 is 45.0 Å². The lowest BCUT2D eigenvalue weighted by molar-refractivity contribution is -0.117. The molecular weight excluding hydrogens is 320 g/mol. The number of nitrogens with zero attached hydrogens (tertiary/aromatic N) is 4. The van der Waals surface area contributed by atoms with Crippen molar-refractivity contribution in [2.45, 2.75) is 6.42 Å². The van der Waals surface area contributed by atoms with Gasteiger partial charge in [-0.15, -0.1) is 16.7 Å². The summed E-state index contributed by atoms with van der Waals surface area (Å²) in [4.78, 5) is 17.8. The van der Waals surface area contributed by atoms with Crippen LogP contribution in [-0.4, -0.2) is 32.9 Å². The SMILES string of the molecule is O=C1CC(CCl)CN1c1nc2ccc(Br)cn2n1. The number of rotatable bonds is 2. The molecule has 0 spiro atoms. The average Bonchev–Trinajstić information content (AvgIpc) is 2.91. The number of pyridine rings is 1. The van der Waals surface area contributed by atoms with Crippen LogP contribution in [0.2, 0.25) is 0 Å². The third kappa shape index (κ3) is 1.99. The predicted octanol–water partition coefficient (Wildman–Crippen LogP) is 2.08. The number of aromatic nitrogens is 3. The van der Waals surface area contributed by atoms with Crippen LogP contribution in [0.4, 0.5) is 5.95 Å². The molecule has 2 aromatic heterocycles. The summed E-state index contributed by atoms with van der Waals surface area (Å²) < 4.78 is 2.57. The van der Waals surface area contributed by atoms with E-state index in [4.69, 9.17) is 11.6 Å². The van der Waals surface area contributed by atoms with Gasteiger partial charge in [0.1, 0.15) is 0 Å². The Hall–Kier alpha value is -1.14. The largest absolute Gasteiger partial charge is 0.279 e. The van der Waals surface area contributed by atoms with Gasteiger partial charge in [0, 0.05) is 29.5 Å². The maximum absolute atomic E-state index is 11.9. The number of amides is 1. The van der Waals surface area contributed by atoms with Gasteiger partial charge in [-0.3, -0.25) is 9.69 Å². The second-order valence-corrected chi connectivity index (χ2v) is 5.51. The van der Waals surface area contributed by atoms with Gasteiger partial charge in [-0.1, -0.05) is 0 Å². The van der Waals surface area contributed by atoms with Gasteiger partial charge in [-0.25, -0.2) is 4.52 Å². The van der Waals surface area contributed by atoms with Crippen LogP contribution in [0.25, 0.3) is 5.65 Å². The number of carbonyl (C=O) groups excluding carboxylic acids is 1. The minimum Gasteiger partial charge on any atom is -0.279 e. The van der Waals surface area contributed by atoms with Gasteiger partial charge >= 0.3 is 0 Å². The van der Waals surface area contributed by atoms with Crippen LogP contribution in [0, 0.1) is 5.92 Å². The van der Waals surface area contributed by atoms with E-state index >= 15 is 0 Å². The zero-order valence-electron chi connectivity index (χ0n) is 9.38. The second-order valence-electron chi connectivity index (χ2n) is 4.29. The Balaban J connectivity index is 1.97. The number of alkyl halides is 1. The Morgan fingerprint density at radius 3 is 3.06 bits per heavy atom. The van der Waals surface area contributed by atoms with E-state index in [0.717, 1.165) is 10.1 Å². The molecule has 1 atom stereocenters. The fourth-order valence-electron chi connectivity index (χ4n) is 2.04. The molecule has 7 heteroatoms. The third-order valence-electron chi connectivity index (χ3n) is 2.95. The fraction of sp³-hybridized carbons (Fsp3) is 0.364. The van der Waals surface area contributed by atoms with Crippen molar-refractivity contribution in [1.82, 2.24) is 14.6 Å². The fourth-order valence-corrected chi connectivity index (χ4v) is 2.57. The number of hydrogen-bond donors (Lipinski definition) is 0. The molecule has 1 saturated heterocycles. The molecule has 94 valence electrons. The van der Waals surface area contributed by atoms with E-state index in [2.05, 4.69) is 26.0 Å². The van der Waals surface area contributed by atoms with Gasteiger partial charge in [0.05, 0.1) is 0 Å². The Morgan fingerprint density at radius 1 is 1.50 bits per heavy atom. The third-order valence-corrected chi connectivity index (χ3v) is 3.85. The average molecular weight is 330 g/mol. The summed E-state index contributed by atoms with van der Waals surface area (Å²) in [7, 11) is 0. The number of halogens is 2. The maximum Gasteiger partial charge on any atom is 0.252 e. The first-order valence-electron chi connectivity index (χ1n) is 5.55. The van der Waals surface area contributed by atoms with Gasteiger partial charge in [0.25, 0.3) is 5.95 Å². The molecule has 3 rings (SSSR count). The Bertz CT molecular complexity index is 614. The highest BCUT2D eigenvalue weighted by Crippen LogP contribution is 2.24. The monoisotopic (exact) mass is 328 g/mol. The molecular formula is C11H10BrClN4O. The van der Waals surface area contributed by atoms with E-state index < -0.39 is 0 Å². The Labute approximate surface area is 117 Å². The van der Waals surface area contributed by atoms with Gasteiger partial charge < -0.3 is 0 Å². The summed E-state index contributed by atoms with van der Waals surface area (Å²) >= 11 is 9.17. The van der Waals surface area contributed by atoms with Crippen molar-refractivity contribution < 1.29 is 4.79 Å². The molecule has 0 aromatic carbocycles. The minimum atomic E-state index is 0.0376. The van der Waals surface area contributed by atoms with Gasteiger partial charge in [0.15, 0.2) is 5.65 Å². The van der Waals surface area contributed by atoms with E-state index in [1.807, 2.05) is 18.3 Å². The first-order valence-corrected chi connectivity index (χ1v) is 6.88. The molecule has 1 aliphatic heterocycles. The molecule has 0 aliphatic carbocycles. The number of fused-ring (bicyclic) bond motifs is 1. The second kappa shape index (κ2) is 4.51. The highest BCUT2D eigenvalue weighted by atomic mass is 79.9. The number of carbonyl (C=O) groups is 1. The molecule has 1 aliphatic rings. The lowest BCUT2D eigenvalue weighted by Gasteiger charge is -2.10. The molecule has 0 N–H and O–H groups in total.